The molecule has 0 saturated carbocycles. The second-order valence-electron chi connectivity index (χ2n) is 3.17. The van der Waals surface area contributed by atoms with E-state index in [0.29, 0.717) is 4.47 Å². The van der Waals surface area contributed by atoms with Gasteiger partial charge in [-0.25, -0.2) is 0 Å². The monoisotopic (exact) mass is 283 g/mol. The number of benzene rings is 1. The summed E-state index contributed by atoms with van der Waals surface area (Å²) in [6, 6.07) is 9.16. The van der Waals surface area contributed by atoms with Crippen LogP contribution in [0.3, 0.4) is 0 Å². The van der Waals surface area contributed by atoms with Crippen molar-refractivity contribution in [2.24, 2.45) is 5.73 Å². The summed E-state index contributed by atoms with van der Waals surface area (Å²) in [5.41, 5.74) is 6.80. The van der Waals surface area contributed by atoms with E-state index >= 15 is 0 Å². The number of phenols is 1. The van der Waals surface area contributed by atoms with Gasteiger partial charge in [0.05, 0.1) is 10.5 Å². The zero-order chi connectivity index (χ0) is 10.8. The zero-order valence-corrected chi connectivity index (χ0v) is 10.3. The number of phenolic OH excluding ortho intramolecular Hbond substituents is 1. The fourth-order valence-corrected chi connectivity index (χ4v) is 2.53. The summed E-state index contributed by atoms with van der Waals surface area (Å²) in [7, 11) is 0. The first kappa shape index (κ1) is 10.7. The first-order valence-electron chi connectivity index (χ1n) is 4.46. The lowest BCUT2D eigenvalue weighted by atomic mass is 10.1. The third kappa shape index (κ3) is 2.07. The normalized spacial score (nSPS) is 12.7. The number of para-hydroxylation sites is 1. The molecule has 2 nitrogen and oxygen atoms in total. The Hall–Kier alpha value is -0.840. The van der Waals surface area contributed by atoms with E-state index in [1.807, 2.05) is 29.6 Å². The highest BCUT2D eigenvalue weighted by Crippen LogP contribution is 2.34. The molecule has 0 bridgehead atoms. The number of hydrogen-bond acceptors (Lipinski definition) is 3. The average Bonchev–Trinajstić information content (AvgIpc) is 2.74. The van der Waals surface area contributed by atoms with Gasteiger partial charge in [0.2, 0.25) is 0 Å². The van der Waals surface area contributed by atoms with Gasteiger partial charge in [0.1, 0.15) is 5.75 Å². The van der Waals surface area contributed by atoms with Crippen molar-refractivity contribution < 1.29 is 5.11 Å². The fraction of sp³-hybridized carbons (Fsp3) is 0.0909. The van der Waals surface area contributed by atoms with Gasteiger partial charge in [-0.3, -0.25) is 0 Å². The number of hydrogen-bond donors (Lipinski definition) is 2. The fourth-order valence-electron chi connectivity index (χ4n) is 1.40. The minimum atomic E-state index is -0.262. The first-order valence-corrected chi connectivity index (χ1v) is 6.14. The number of rotatable bonds is 2. The van der Waals surface area contributed by atoms with Gasteiger partial charge in [-0.1, -0.05) is 18.2 Å². The van der Waals surface area contributed by atoms with Crippen molar-refractivity contribution in [3.05, 3.63) is 50.6 Å². The van der Waals surface area contributed by atoms with Crippen LogP contribution in [0, 0.1) is 0 Å². The summed E-state index contributed by atoms with van der Waals surface area (Å²) in [6.07, 6.45) is 0. The summed E-state index contributed by atoms with van der Waals surface area (Å²) >= 11 is 4.86. The number of nitrogens with two attached hydrogens (primary N) is 1. The molecule has 0 fully saturated rings. The van der Waals surface area contributed by atoms with E-state index in [1.165, 1.54) is 0 Å². The van der Waals surface area contributed by atoms with E-state index in [1.54, 1.807) is 17.4 Å². The van der Waals surface area contributed by atoms with Gasteiger partial charge in [0.25, 0.3) is 0 Å². The third-order valence-corrected chi connectivity index (χ3v) is 3.80. The maximum atomic E-state index is 9.84. The van der Waals surface area contributed by atoms with Crippen LogP contribution in [0.15, 0.2) is 40.2 Å². The van der Waals surface area contributed by atoms with Crippen LogP contribution < -0.4 is 5.73 Å². The van der Waals surface area contributed by atoms with Crippen LogP contribution in [0.2, 0.25) is 0 Å². The van der Waals surface area contributed by atoms with Gasteiger partial charge in [-0.15, -0.1) is 11.3 Å². The molecular formula is C11H10BrNOS. The molecular weight excluding hydrogens is 274 g/mol. The summed E-state index contributed by atoms with van der Waals surface area (Å²) in [5, 5.41) is 11.8. The van der Waals surface area contributed by atoms with E-state index in [4.69, 9.17) is 5.73 Å². The molecule has 0 aliphatic heterocycles. The minimum Gasteiger partial charge on any atom is -0.506 e. The molecule has 1 aromatic carbocycles. The van der Waals surface area contributed by atoms with Gasteiger partial charge >= 0.3 is 0 Å². The Kier molecular flexibility index (Phi) is 3.09. The highest BCUT2D eigenvalue weighted by molar-refractivity contribution is 9.10. The molecule has 0 saturated heterocycles. The Labute approximate surface area is 100 Å². The molecule has 0 aliphatic rings. The van der Waals surface area contributed by atoms with Crippen molar-refractivity contribution in [2.45, 2.75) is 6.04 Å². The largest absolute Gasteiger partial charge is 0.506 e. The summed E-state index contributed by atoms with van der Waals surface area (Å²) < 4.78 is 0.673. The van der Waals surface area contributed by atoms with Crippen molar-refractivity contribution in [3.8, 4) is 5.75 Å². The predicted molar refractivity (Wildman–Crippen MR) is 66.2 cm³/mol. The van der Waals surface area contributed by atoms with Gasteiger partial charge in [-0.05, 0) is 33.4 Å². The number of aromatic hydroxyl groups is 1. The van der Waals surface area contributed by atoms with Crippen LogP contribution >= 0.6 is 27.3 Å². The lowest BCUT2D eigenvalue weighted by Crippen LogP contribution is -2.10. The molecule has 2 aromatic rings. The molecule has 1 atom stereocenters. The van der Waals surface area contributed by atoms with Crippen molar-refractivity contribution in [1.82, 2.24) is 0 Å². The number of thiophene rings is 1. The van der Waals surface area contributed by atoms with Crippen LogP contribution in [0.1, 0.15) is 16.5 Å². The molecule has 3 N–H and O–H groups in total. The van der Waals surface area contributed by atoms with Gasteiger partial charge < -0.3 is 10.8 Å². The number of halogens is 1. The van der Waals surface area contributed by atoms with Crippen LogP contribution in [0.4, 0.5) is 0 Å². The Morgan fingerprint density at radius 2 is 2.07 bits per heavy atom. The molecule has 0 spiro atoms. The molecule has 1 heterocycles. The molecule has 0 aliphatic carbocycles. The summed E-state index contributed by atoms with van der Waals surface area (Å²) in [5.74, 6) is 0.221. The zero-order valence-electron chi connectivity index (χ0n) is 7.85. The molecule has 1 aromatic heterocycles. The third-order valence-electron chi connectivity index (χ3n) is 2.20. The Morgan fingerprint density at radius 1 is 1.27 bits per heavy atom. The molecule has 0 radical (unpaired) electrons. The first-order chi connectivity index (χ1) is 7.20. The van der Waals surface area contributed by atoms with Gasteiger partial charge in [-0.2, -0.15) is 0 Å². The predicted octanol–water partition coefficient (Wildman–Crippen LogP) is 3.26. The molecule has 0 amide bonds. The van der Waals surface area contributed by atoms with E-state index in [9.17, 15) is 5.11 Å². The molecule has 0 unspecified atom stereocenters. The van der Waals surface area contributed by atoms with E-state index in [-0.39, 0.29) is 11.8 Å². The topological polar surface area (TPSA) is 46.2 Å². The van der Waals surface area contributed by atoms with E-state index < -0.39 is 0 Å². The van der Waals surface area contributed by atoms with Crippen LogP contribution in [-0.4, -0.2) is 5.11 Å². The molecule has 2 rings (SSSR count). The van der Waals surface area contributed by atoms with Crippen molar-refractivity contribution in [1.29, 1.82) is 0 Å². The highest BCUT2D eigenvalue weighted by atomic mass is 79.9. The summed E-state index contributed by atoms with van der Waals surface area (Å²) in [6.45, 7) is 0. The average molecular weight is 284 g/mol. The van der Waals surface area contributed by atoms with Gasteiger partial charge in [0.15, 0.2) is 0 Å². The van der Waals surface area contributed by atoms with Crippen molar-refractivity contribution in [3.63, 3.8) is 0 Å². The lowest BCUT2D eigenvalue weighted by Gasteiger charge is -2.12. The van der Waals surface area contributed by atoms with E-state index in [0.717, 1.165) is 10.4 Å². The van der Waals surface area contributed by atoms with Crippen LogP contribution in [0.25, 0.3) is 0 Å². The maximum absolute atomic E-state index is 9.84. The van der Waals surface area contributed by atoms with E-state index in [2.05, 4.69) is 15.9 Å². The quantitative estimate of drug-likeness (QED) is 0.889. The van der Waals surface area contributed by atoms with Crippen molar-refractivity contribution >= 4 is 27.3 Å². The lowest BCUT2D eigenvalue weighted by molar-refractivity contribution is 0.462. The molecule has 15 heavy (non-hydrogen) atoms. The standard InChI is InChI=1S/C11H10BrNOS/c12-8-4-1-3-7(11(8)14)10(13)9-5-2-6-15-9/h1-6,10,14H,13H2/t10-/m0/s1. The Bertz CT molecular complexity index is 456. The summed E-state index contributed by atoms with van der Waals surface area (Å²) in [4.78, 5) is 1.04. The Morgan fingerprint density at radius 3 is 2.73 bits per heavy atom. The second-order valence-corrected chi connectivity index (χ2v) is 5.00. The highest BCUT2D eigenvalue weighted by Gasteiger charge is 2.15. The molecule has 4 heteroatoms. The second kappa shape index (κ2) is 4.35. The van der Waals surface area contributed by atoms with Crippen LogP contribution in [-0.2, 0) is 0 Å². The van der Waals surface area contributed by atoms with Gasteiger partial charge in [0, 0.05) is 10.4 Å². The minimum absolute atomic E-state index is 0.221. The maximum Gasteiger partial charge on any atom is 0.134 e. The van der Waals surface area contributed by atoms with Crippen molar-refractivity contribution in [2.75, 3.05) is 0 Å². The SMILES string of the molecule is N[C@H](c1cccs1)c1cccc(Br)c1O. The Balaban J connectivity index is 2.42. The molecule has 78 valence electrons. The smallest absolute Gasteiger partial charge is 0.134 e. The van der Waals surface area contributed by atoms with Crippen LogP contribution in [0.5, 0.6) is 5.75 Å².